The van der Waals surface area contributed by atoms with E-state index in [1.54, 1.807) is 5.06 Å². The van der Waals surface area contributed by atoms with Crippen molar-refractivity contribution in [3.8, 4) is 0 Å². The molecule has 4 nitrogen and oxygen atoms in total. The number of hydroxylamine groups is 2. The third kappa shape index (κ3) is 1.76. The molecule has 1 N–H and O–H groups in total. The van der Waals surface area contributed by atoms with E-state index < -0.39 is 0 Å². The van der Waals surface area contributed by atoms with E-state index in [9.17, 15) is 4.79 Å². The molecule has 1 unspecified atom stereocenters. The minimum Gasteiger partial charge on any atom is -0.368 e. The van der Waals surface area contributed by atoms with Gasteiger partial charge in [-0.15, -0.1) is 5.06 Å². The molecule has 1 atom stereocenters. The van der Waals surface area contributed by atoms with Crippen LogP contribution in [0.15, 0.2) is 0 Å². The van der Waals surface area contributed by atoms with Gasteiger partial charge in [0, 0.05) is 12.6 Å². The smallest absolute Gasteiger partial charge is 0.326 e. The van der Waals surface area contributed by atoms with E-state index in [4.69, 9.17) is 4.84 Å². The molecule has 2 heterocycles. The predicted octanol–water partition coefficient (Wildman–Crippen LogP) is -0.0977. The average Bonchev–Trinajstić information content (AvgIpc) is 2.63. The van der Waals surface area contributed by atoms with Crippen molar-refractivity contribution in [2.24, 2.45) is 0 Å². The fraction of sp³-hybridized carbons (Fsp3) is 0.875. The number of rotatable bonds is 2. The molecule has 0 aromatic heterocycles. The van der Waals surface area contributed by atoms with E-state index in [1.807, 2.05) is 0 Å². The van der Waals surface area contributed by atoms with Gasteiger partial charge in [-0.2, -0.15) is 0 Å². The second kappa shape index (κ2) is 3.41. The highest BCUT2D eigenvalue weighted by Crippen LogP contribution is 2.11. The molecule has 4 heteroatoms. The fourth-order valence-electron chi connectivity index (χ4n) is 1.74. The van der Waals surface area contributed by atoms with Gasteiger partial charge in [-0.1, -0.05) is 0 Å². The van der Waals surface area contributed by atoms with Crippen LogP contribution < -0.4 is 5.32 Å². The Bertz CT molecular complexity index is 178. The Morgan fingerprint density at radius 2 is 2.58 bits per heavy atom. The summed E-state index contributed by atoms with van der Waals surface area (Å²) in [7, 11) is 0. The summed E-state index contributed by atoms with van der Waals surface area (Å²) >= 11 is 0. The minimum absolute atomic E-state index is 0.0898. The normalized spacial score (nSPS) is 31.0. The molecular formula is C8H14N2O2. The van der Waals surface area contributed by atoms with Gasteiger partial charge in [0.05, 0.1) is 13.0 Å². The van der Waals surface area contributed by atoms with Crippen LogP contribution in [-0.2, 0) is 9.63 Å². The van der Waals surface area contributed by atoms with Crippen molar-refractivity contribution < 1.29 is 9.63 Å². The van der Waals surface area contributed by atoms with Crippen LogP contribution in [0.2, 0.25) is 0 Å². The van der Waals surface area contributed by atoms with Crippen LogP contribution in [0.5, 0.6) is 0 Å². The Morgan fingerprint density at radius 1 is 1.67 bits per heavy atom. The van der Waals surface area contributed by atoms with Gasteiger partial charge in [0.25, 0.3) is 0 Å². The Balaban J connectivity index is 1.75. The van der Waals surface area contributed by atoms with E-state index in [1.165, 1.54) is 12.8 Å². The highest BCUT2D eigenvalue weighted by molar-refractivity contribution is 5.70. The Morgan fingerprint density at radius 3 is 3.17 bits per heavy atom. The summed E-state index contributed by atoms with van der Waals surface area (Å²) in [6.45, 7) is 2.72. The topological polar surface area (TPSA) is 41.6 Å². The summed E-state index contributed by atoms with van der Waals surface area (Å²) in [5.41, 5.74) is 0. The van der Waals surface area contributed by atoms with Crippen molar-refractivity contribution in [3.05, 3.63) is 0 Å². The van der Waals surface area contributed by atoms with Gasteiger partial charge < -0.3 is 10.2 Å². The molecule has 2 fully saturated rings. The van der Waals surface area contributed by atoms with Gasteiger partial charge in [0.15, 0.2) is 0 Å². The van der Waals surface area contributed by atoms with Crippen molar-refractivity contribution in [3.63, 3.8) is 0 Å². The predicted molar refractivity (Wildman–Crippen MR) is 43.3 cm³/mol. The Labute approximate surface area is 71.8 Å². The summed E-state index contributed by atoms with van der Waals surface area (Å²) in [4.78, 5) is 15.7. The van der Waals surface area contributed by atoms with Gasteiger partial charge in [-0.3, -0.25) is 4.79 Å². The summed E-state index contributed by atoms with van der Waals surface area (Å²) in [6.07, 6.45) is 2.99. The first-order valence-corrected chi connectivity index (χ1v) is 4.54. The second-order valence-corrected chi connectivity index (χ2v) is 3.39. The molecule has 0 spiro atoms. The monoisotopic (exact) mass is 170 g/mol. The number of carbonyl (C=O) groups is 1. The first-order chi connectivity index (χ1) is 5.84. The van der Waals surface area contributed by atoms with Crippen molar-refractivity contribution in [1.29, 1.82) is 0 Å². The maximum Gasteiger partial charge on any atom is 0.326 e. The molecule has 2 aliphatic rings. The molecule has 0 bridgehead atoms. The Kier molecular flexibility index (Phi) is 2.28. The van der Waals surface area contributed by atoms with Crippen LogP contribution in [0.4, 0.5) is 0 Å². The fourth-order valence-corrected chi connectivity index (χ4v) is 1.74. The molecule has 0 saturated carbocycles. The van der Waals surface area contributed by atoms with Crippen molar-refractivity contribution in [1.82, 2.24) is 10.4 Å². The lowest BCUT2D eigenvalue weighted by Crippen LogP contribution is -2.35. The zero-order valence-electron chi connectivity index (χ0n) is 7.08. The van der Waals surface area contributed by atoms with E-state index in [-0.39, 0.29) is 5.97 Å². The molecule has 2 rings (SSSR count). The lowest BCUT2D eigenvalue weighted by Gasteiger charge is -2.17. The van der Waals surface area contributed by atoms with Crippen LogP contribution in [-0.4, -0.2) is 36.7 Å². The largest absolute Gasteiger partial charge is 0.368 e. The number of nitrogens with zero attached hydrogens (tertiary/aromatic N) is 1. The zero-order valence-corrected chi connectivity index (χ0v) is 7.08. The molecular weight excluding hydrogens is 156 g/mol. The molecule has 0 aliphatic carbocycles. The second-order valence-electron chi connectivity index (χ2n) is 3.39. The van der Waals surface area contributed by atoms with Crippen molar-refractivity contribution in [2.45, 2.75) is 25.3 Å². The van der Waals surface area contributed by atoms with E-state index in [0.29, 0.717) is 12.5 Å². The van der Waals surface area contributed by atoms with Crippen LogP contribution in [0.1, 0.15) is 19.3 Å². The summed E-state index contributed by atoms with van der Waals surface area (Å²) in [5, 5.41) is 5.13. The summed E-state index contributed by atoms with van der Waals surface area (Å²) < 4.78 is 0. The number of hydrogen-bond donors (Lipinski definition) is 1. The third-order valence-corrected chi connectivity index (χ3v) is 2.38. The number of hydrogen-bond acceptors (Lipinski definition) is 4. The lowest BCUT2D eigenvalue weighted by atomic mass is 10.2. The molecule has 0 amide bonds. The van der Waals surface area contributed by atoms with E-state index in [0.717, 1.165) is 19.6 Å². The first-order valence-electron chi connectivity index (χ1n) is 4.54. The van der Waals surface area contributed by atoms with Crippen LogP contribution in [0.25, 0.3) is 0 Å². The standard InChI is InChI=1S/C8H14N2O2/c11-8-3-5-10(12-8)6-7-2-1-4-9-7/h7,9H,1-6H2. The van der Waals surface area contributed by atoms with Crippen LogP contribution >= 0.6 is 0 Å². The van der Waals surface area contributed by atoms with Gasteiger partial charge in [0.1, 0.15) is 0 Å². The third-order valence-electron chi connectivity index (χ3n) is 2.38. The van der Waals surface area contributed by atoms with Crippen LogP contribution in [0.3, 0.4) is 0 Å². The highest BCUT2D eigenvalue weighted by atomic mass is 16.7. The maximum absolute atomic E-state index is 10.7. The van der Waals surface area contributed by atoms with E-state index >= 15 is 0 Å². The van der Waals surface area contributed by atoms with Gasteiger partial charge in [0.2, 0.25) is 0 Å². The molecule has 2 saturated heterocycles. The molecule has 0 aromatic carbocycles. The van der Waals surface area contributed by atoms with Gasteiger partial charge in [-0.05, 0) is 19.4 Å². The number of carbonyl (C=O) groups excluding carboxylic acids is 1. The molecule has 0 radical (unpaired) electrons. The molecule has 2 aliphatic heterocycles. The van der Waals surface area contributed by atoms with E-state index in [2.05, 4.69) is 5.32 Å². The lowest BCUT2D eigenvalue weighted by molar-refractivity contribution is -0.170. The summed E-state index contributed by atoms with van der Waals surface area (Å²) in [5.74, 6) is -0.0898. The number of nitrogens with one attached hydrogen (secondary N) is 1. The Hall–Kier alpha value is -0.610. The zero-order chi connectivity index (χ0) is 8.39. The molecule has 12 heavy (non-hydrogen) atoms. The van der Waals surface area contributed by atoms with Crippen molar-refractivity contribution in [2.75, 3.05) is 19.6 Å². The average molecular weight is 170 g/mol. The van der Waals surface area contributed by atoms with Gasteiger partial charge >= 0.3 is 5.97 Å². The highest BCUT2D eigenvalue weighted by Gasteiger charge is 2.25. The van der Waals surface area contributed by atoms with Crippen molar-refractivity contribution >= 4 is 5.97 Å². The van der Waals surface area contributed by atoms with Crippen LogP contribution in [0, 0.1) is 0 Å². The molecule has 0 aromatic rings. The quantitative estimate of drug-likeness (QED) is 0.628. The minimum atomic E-state index is -0.0898. The summed E-state index contributed by atoms with van der Waals surface area (Å²) in [6, 6.07) is 0.524. The van der Waals surface area contributed by atoms with Gasteiger partial charge in [-0.25, -0.2) is 0 Å². The SMILES string of the molecule is O=C1CCN(CC2CCCN2)O1. The maximum atomic E-state index is 10.7. The molecule has 68 valence electrons. The first kappa shape index (κ1) is 8.01.